The third kappa shape index (κ3) is 6.38. The number of hydrazone groups is 1. The normalized spacial score (nSPS) is 16.4. The second kappa shape index (κ2) is 11.2. The molecule has 194 valence electrons. The number of fused-ring (bicyclic) bond motifs is 1. The number of carbonyl (C=O) groups excluding carboxylic acids is 1. The van der Waals surface area contributed by atoms with Crippen molar-refractivity contribution in [3.63, 3.8) is 0 Å². The van der Waals surface area contributed by atoms with E-state index in [4.69, 9.17) is 19.6 Å². The van der Waals surface area contributed by atoms with E-state index in [9.17, 15) is 13.2 Å². The van der Waals surface area contributed by atoms with Gasteiger partial charge in [0.25, 0.3) is 5.91 Å². The molecule has 2 heterocycles. The topological polar surface area (TPSA) is 131 Å². The highest BCUT2D eigenvalue weighted by Crippen LogP contribution is 2.32. The fourth-order valence-electron chi connectivity index (χ4n) is 3.36. The van der Waals surface area contributed by atoms with Crippen LogP contribution in [-0.2, 0) is 14.6 Å². The van der Waals surface area contributed by atoms with E-state index in [-0.39, 0.29) is 21.0 Å². The average molecular weight is 543 g/mol. The number of ether oxygens (including phenoxy) is 3. The van der Waals surface area contributed by atoms with Crippen LogP contribution in [0.5, 0.6) is 17.2 Å². The molecule has 37 heavy (non-hydrogen) atoms. The van der Waals surface area contributed by atoms with E-state index in [1.54, 1.807) is 18.2 Å². The number of hydrogen-bond acceptors (Lipinski definition) is 9. The minimum atomic E-state index is -3.60. The second-order valence-corrected chi connectivity index (χ2v) is 11.3. The summed E-state index contributed by atoms with van der Waals surface area (Å²) in [6, 6.07) is 13.0. The average Bonchev–Trinajstić information content (AvgIpc) is 3.29. The molecule has 0 aliphatic carbocycles. The zero-order valence-corrected chi connectivity index (χ0v) is 22.2. The number of amides is 1. The molecule has 2 aliphatic heterocycles. The van der Waals surface area contributed by atoms with Crippen molar-refractivity contribution in [2.24, 2.45) is 10.1 Å². The van der Waals surface area contributed by atoms with Crippen molar-refractivity contribution in [1.82, 2.24) is 5.01 Å². The molecule has 1 amide bonds. The molecule has 0 unspecified atom stereocenters. The number of aliphatic imine (C=N–C) groups is 1. The molecular weight excluding hydrogens is 516 g/mol. The van der Waals surface area contributed by atoms with Crippen LogP contribution in [0.25, 0.3) is 6.08 Å². The number of nitrogens with one attached hydrogen (secondary N) is 1. The largest absolute Gasteiger partial charge is 0.493 e. The number of benzene rings is 2. The van der Waals surface area contributed by atoms with Crippen LogP contribution in [0.3, 0.4) is 0 Å². The number of thioether (sulfide) groups is 1. The Labute approximate surface area is 219 Å². The summed E-state index contributed by atoms with van der Waals surface area (Å²) in [6.45, 7) is 5.20. The standard InChI is InChI=1S/C25H26N4O6S2/c1-4-33-21-15-17(8-11-20(21)35-13-5-12-34-18-9-6-16(2)7-10-18)14-19-22(26)29-24(27-23(19)30)36-25(28-29)37(3,31)32/h6-11,14-15,26H,4-5,12-13H2,1-3H3/b19-14+,26-22?. The maximum Gasteiger partial charge on any atom is 0.283 e. The van der Waals surface area contributed by atoms with Crippen molar-refractivity contribution >= 4 is 49.0 Å². The molecule has 0 radical (unpaired) electrons. The molecule has 12 heteroatoms. The predicted octanol–water partition coefficient (Wildman–Crippen LogP) is 3.86. The van der Waals surface area contributed by atoms with Crippen LogP contribution in [0.1, 0.15) is 24.5 Å². The molecule has 1 N–H and O–H groups in total. The highest BCUT2D eigenvalue weighted by Gasteiger charge is 2.38. The van der Waals surface area contributed by atoms with Gasteiger partial charge in [0.15, 0.2) is 17.3 Å². The van der Waals surface area contributed by atoms with Crippen molar-refractivity contribution in [1.29, 1.82) is 5.41 Å². The molecule has 0 bridgehead atoms. The van der Waals surface area contributed by atoms with E-state index in [1.165, 1.54) is 11.6 Å². The van der Waals surface area contributed by atoms with Gasteiger partial charge in [-0.15, -0.1) is 5.10 Å². The number of nitrogens with zero attached hydrogens (tertiary/aromatic N) is 3. The fraction of sp³-hybridized carbons (Fsp3) is 0.280. The predicted molar refractivity (Wildman–Crippen MR) is 144 cm³/mol. The van der Waals surface area contributed by atoms with E-state index in [0.717, 1.165) is 28.8 Å². The monoisotopic (exact) mass is 542 g/mol. The maximum absolute atomic E-state index is 12.6. The van der Waals surface area contributed by atoms with E-state index < -0.39 is 15.7 Å². The Bertz CT molecular complexity index is 1420. The van der Waals surface area contributed by atoms with Gasteiger partial charge in [-0.05, 0) is 61.5 Å². The molecule has 0 spiro atoms. The molecule has 4 rings (SSSR count). The number of rotatable bonds is 9. The van der Waals surface area contributed by atoms with E-state index in [0.29, 0.717) is 43.3 Å². The van der Waals surface area contributed by atoms with Gasteiger partial charge in [0.1, 0.15) is 5.75 Å². The molecule has 0 aromatic heterocycles. The van der Waals surface area contributed by atoms with E-state index >= 15 is 0 Å². The number of hydrogen-bond donors (Lipinski definition) is 1. The van der Waals surface area contributed by atoms with E-state index in [2.05, 4.69) is 10.1 Å². The van der Waals surface area contributed by atoms with Crippen LogP contribution in [0, 0.1) is 12.3 Å². The lowest BCUT2D eigenvalue weighted by atomic mass is 10.1. The quantitative estimate of drug-likeness (QED) is 0.373. The summed E-state index contributed by atoms with van der Waals surface area (Å²) < 4.78 is 40.8. The third-order valence-corrected chi connectivity index (χ3v) is 7.75. The molecule has 2 aromatic carbocycles. The molecule has 0 fully saturated rings. The van der Waals surface area contributed by atoms with Gasteiger partial charge in [-0.1, -0.05) is 23.8 Å². The summed E-state index contributed by atoms with van der Waals surface area (Å²) in [7, 11) is -3.60. The molecule has 0 atom stereocenters. The lowest BCUT2D eigenvalue weighted by Crippen LogP contribution is -2.35. The SMILES string of the molecule is CCOc1cc(/C=C2\C(=N)N3N=C(S(C)(=O)=O)SC3=NC2=O)ccc1OCCCOc1ccc(C)cc1. The third-order valence-electron chi connectivity index (χ3n) is 5.17. The number of carbonyl (C=O) groups is 1. The van der Waals surface area contributed by atoms with Crippen molar-refractivity contribution in [3.05, 3.63) is 59.2 Å². The molecule has 0 saturated carbocycles. The van der Waals surface area contributed by atoms with Gasteiger partial charge in [0, 0.05) is 12.7 Å². The summed E-state index contributed by atoms with van der Waals surface area (Å²) >= 11 is 0.742. The Morgan fingerprint density at radius 2 is 1.78 bits per heavy atom. The highest BCUT2D eigenvalue weighted by molar-refractivity contribution is 8.42. The van der Waals surface area contributed by atoms with Crippen LogP contribution in [0.4, 0.5) is 0 Å². The molecule has 2 aromatic rings. The maximum atomic E-state index is 12.6. The first-order valence-electron chi connectivity index (χ1n) is 11.4. The van der Waals surface area contributed by atoms with Gasteiger partial charge in [0.2, 0.25) is 19.4 Å². The van der Waals surface area contributed by atoms with Crippen LogP contribution in [0.2, 0.25) is 0 Å². The summed E-state index contributed by atoms with van der Waals surface area (Å²) in [5.74, 6) is 0.934. The van der Waals surface area contributed by atoms with Crippen molar-refractivity contribution in [3.8, 4) is 17.2 Å². The van der Waals surface area contributed by atoms with Gasteiger partial charge < -0.3 is 14.2 Å². The van der Waals surface area contributed by atoms with Gasteiger partial charge in [-0.3, -0.25) is 10.2 Å². The highest BCUT2D eigenvalue weighted by atomic mass is 32.3. The summed E-state index contributed by atoms with van der Waals surface area (Å²) in [5.41, 5.74) is 1.74. The van der Waals surface area contributed by atoms with E-state index in [1.807, 2.05) is 38.1 Å². The Morgan fingerprint density at radius 1 is 1.05 bits per heavy atom. The Kier molecular flexibility index (Phi) is 7.98. The number of amidine groups is 2. The minimum absolute atomic E-state index is 0.0211. The molecule has 0 saturated heterocycles. The first-order chi connectivity index (χ1) is 17.7. The van der Waals surface area contributed by atoms with Gasteiger partial charge in [-0.2, -0.15) is 10.0 Å². The van der Waals surface area contributed by atoms with Crippen molar-refractivity contribution in [2.75, 3.05) is 26.1 Å². The lowest BCUT2D eigenvalue weighted by Gasteiger charge is -2.20. The zero-order chi connectivity index (χ0) is 26.6. The van der Waals surface area contributed by atoms with Crippen molar-refractivity contribution in [2.45, 2.75) is 20.3 Å². The van der Waals surface area contributed by atoms with Gasteiger partial charge in [-0.25, -0.2) is 8.42 Å². The van der Waals surface area contributed by atoms with Crippen LogP contribution >= 0.6 is 11.8 Å². The molecular formula is C25H26N4O6S2. The van der Waals surface area contributed by atoms with Gasteiger partial charge in [0.05, 0.1) is 25.4 Å². The zero-order valence-electron chi connectivity index (χ0n) is 20.6. The number of aryl methyl sites for hydroxylation is 1. The smallest absolute Gasteiger partial charge is 0.283 e. The van der Waals surface area contributed by atoms with Crippen LogP contribution < -0.4 is 14.2 Å². The number of sulfone groups is 1. The Morgan fingerprint density at radius 3 is 2.49 bits per heavy atom. The fourth-order valence-corrected chi connectivity index (χ4v) is 5.04. The van der Waals surface area contributed by atoms with Crippen LogP contribution in [-0.4, -0.2) is 60.8 Å². The lowest BCUT2D eigenvalue weighted by molar-refractivity contribution is -0.114. The summed E-state index contributed by atoms with van der Waals surface area (Å²) in [4.78, 5) is 16.5. The van der Waals surface area contributed by atoms with Gasteiger partial charge >= 0.3 is 0 Å². The second-order valence-electron chi connectivity index (χ2n) is 8.16. The van der Waals surface area contributed by atoms with Crippen LogP contribution in [0.15, 0.2) is 58.1 Å². The Hall–Kier alpha value is -3.64. The first kappa shape index (κ1) is 26.4. The molecule has 2 aliphatic rings. The Balaban J connectivity index is 1.44. The first-order valence-corrected chi connectivity index (χ1v) is 14.2. The summed E-state index contributed by atoms with van der Waals surface area (Å²) in [6.07, 6.45) is 3.17. The summed E-state index contributed by atoms with van der Waals surface area (Å²) in [5, 5.41) is 13.4. The van der Waals surface area contributed by atoms with Crippen molar-refractivity contribution < 1.29 is 27.4 Å². The minimum Gasteiger partial charge on any atom is -0.493 e. The molecule has 10 nitrogen and oxygen atoms in total.